The van der Waals surface area contributed by atoms with E-state index in [4.69, 9.17) is 4.74 Å². The fourth-order valence-corrected chi connectivity index (χ4v) is 2.38. The predicted molar refractivity (Wildman–Crippen MR) is 65.5 cm³/mol. The van der Waals surface area contributed by atoms with Gasteiger partial charge in [0.25, 0.3) is 0 Å². The molecule has 0 radical (unpaired) electrons. The standard InChI is InChI=1S/C11H23NO2S/c1-2-3-10(9-15)6-12-4-5-14-8-11(12)7-13/h10-11,13,15H,2-9H2,1H3. The van der Waals surface area contributed by atoms with Crippen molar-refractivity contribution in [3.8, 4) is 0 Å². The largest absolute Gasteiger partial charge is 0.395 e. The molecule has 1 heterocycles. The second-order valence-corrected chi connectivity index (χ2v) is 4.61. The van der Waals surface area contributed by atoms with Crippen LogP contribution in [0.4, 0.5) is 0 Å². The summed E-state index contributed by atoms with van der Waals surface area (Å²) in [6, 6.07) is 0.193. The highest BCUT2D eigenvalue weighted by atomic mass is 32.1. The van der Waals surface area contributed by atoms with E-state index in [1.54, 1.807) is 0 Å². The van der Waals surface area contributed by atoms with Crippen LogP contribution in [0.5, 0.6) is 0 Å². The summed E-state index contributed by atoms with van der Waals surface area (Å²) in [6.07, 6.45) is 2.43. The Morgan fingerprint density at radius 1 is 1.60 bits per heavy atom. The van der Waals surface area contributed by atoms with Gasteiger partial charge in [-0.3, -0.25) is 4.90 Å². The van der Waals surface area contributed by atoms with E-state index in [1.165, 1.54) is 12.8 Å². The minimum Gasteiger partial charge on any atom is -0.395 e. The molecule has 0 aromatic heterocycles. The molecule has 0 spiro atoms. The molecule has 3 nitrogen and oxygen atoms in total. The molecule has 0 saturated carbocycles. The van der Waals surface area contributed by atoms with E-state index in [0.29, 0.717) is 12.5 Å². The topological polar surface area (TPSA) is 32.7 Å². The monoisotopic (exact) mass is 233 g/mol. The molecule has 1 aliphatic heterocycles. The average Bonchev–Trinajstić information content (AvgIpc) is 2.29. The van der Waals surface area contributed by atoms with Gasteiger partial charge < -0.3 is 9.84 Å². The Morgan fingerprint density at radius 2 is 2.40 bits per heavy atom. The Kier molecular flexibility index (Phi) is 6.64. The van der Waals surface area contributed by atoms with E-state index in [1.807, 2.05) is 0 Å². The minimum absolute atomic E-state index is 0.193. The van der Waals surface area contributed by atoms with Crippen LogP contribution in [0.15, 0.2) is 0 Å². The van der Waals surface area contributed by atoms with Gasteiger partial charge in [-0.25, -0.2) is 0 Å². The Morgan fingerprint density at radius 3 is 3.00 bits per heavy atom. The SMILES string of the molecule is CCCC(CS)CN1CCOCC1CO. The van der Waals surface area contributed by atoms with Gasteiger partial charge in [-0.2, -0.15) is 12.6 Å². The second kappa shape index (κ2) is 7.49. The fraction of sp³-hybridized carbons (Fsp3) is 1.00. The maximum atomic E-state index is 9.24. The molecule has 1 rings (SSSR count). The molecular weight excluding hydrogens is 210 g/mol. The van der Waals surface area contributed by atoms with Crippen LogP contribution in [-0.4, -0.2) is 54.7 Å². The number of nitrogens with zero attached hydrogens (tertiary/aromatic N) is 1. The van der Waals surface area contributed by atoms with Crippen LogP contribution < -0.4 is 0 Å². The number of thiol groups is 1. The van der Waals surface area contributed by atoms with Crippen molar-refractivity contribution in [2.45, 2.75) is 25.8 Å². The number of rotatable bonds is 6. The second-order valence-electron chi connectivity index (χ2n) is 4.24. The molecule has 0 aromatic rings. The van der Waals surface area contributed by atoms with Crippen molar-refractivity contribution < 1.29 is 9.84 Å². The molecule has 4 heteroatoms. The third kappa shape index (κ3) is 4.31. The summed E-state index contributed by atoms with van der Waals surface area (Å²) in [4.78, 5) is 2.35. The number of hydrogen-bond donors (Lipinski definition) is 2. The molecule has 1 fully saturated rings. The van der Waals surface area contributed by atoms with Crippen molar-refractivity contribution in [3.05, 3.63) is 0 Å². The molecule has 1 aliphatic rings. The molecule has 2 unspecified atom stereocenters. The van der Waals surface area contributed by atoms with E-state index in [9.17, 15) is 5.11 Å². The Hall–Kier alpha value is 0.230. The predicted octanol–water partition coefficient (Wildman–Crippen LogP) is 1.03. The van der Waals surface area contributed by atoms with Crippen molar-refractivity contribution >= 4 is 12.6 Å². The lowest BCUT2D eigenvalue weighted by Gasteiger charge is -2.36. The summed E-state index contributed by atoms with van der Waals surface area (Å²) in [5.41, 5.74) is 0. The Balaban J connectivity index is 2.38. The molecule has 1 saturated heterocycles. The van der Waals surface area contributed by atoms with Crippen LogP contribution in [0.2, 0.25) is 0 Å². The highest BCUT2D eigenvalue weighted by Gasteiger charge is 2.24. The summed E-state index contributed by atoms with van der Waals surface area (Å²) in [5.74, 6) is 1.58. The van der Waals surface area contributed by atoms with Crippen molar-refractivity contribution in [3.63, 3.8) is 0 Å². The summed E-state index contributed by atoms with van der Waals surface area (Å²) in [5, 5.41) is 9.24. The van der Waals surface area contributed by atoms with Crippen LogP contribution in [0.25, 0.3) is 0 Å². The van der Waals surface area contributed by atoms with Gasteiger partial charge in [-0.05, 0) is 18.1 Å². The lowest BCUT2D eigenvalue weighted by atomic mass is 10.0. The first-order valence-corrected chi connectivity index (χ1v) is 6.48. The molecule has 0 bridgehead atoms. The zero-order chi connectivity index (χ0) is 11.1. The summed E-state index contributed by atoms with van der Waals surface area (Å²) >= 11 is 4.39. The molecule has 0 aliphatic carbocycles. The van der Waals surface area contributed by atoms with E-state index >= 15 is 0 Å². The highest BCUT2D eigenvalue weighted by molar-refractivity contribution is 7.80. The fourth-order valence-electron chi connectivity index (χ4n) is 2.08. The third-order valence-corrected chi connectivity index (χ3v) is 3.52. The van der Waals surface area contributed by atoms with Crippen LogP contribution in [-0.2, 0) is 4.74 Å². The minimum atomic E-state index is 0.193. The summed E-state index contributed by atoms with van der Waals surface area (Å²) in [6.45, 7) is 5.86. The number of aliphatic hydroxyl groups is 1. The van der Waals surface area contributed by atoms with Gasteiger partial charge in [0, 0.05) is 13.1 Å². The number of morpholine rings is 1. The summed E-state index contributed by atoms with van der Waals surface area (Å²) in [7, 11) is 0. The molecular formula is C11H23NO2S. The van der Waals surface area contributed by atoms with Crippen LogP contribution >= 0.6 is 12.6 Å². The normalized spacial score (nSPS) is 25.4. The van der Waals surface area contributed by atoms with E-state index in [2.05, 4.69) is 24.5 Å². The molecule has 90 valence electrons. The highest BCUT2D eigenvalue weighted by Crippen LogP contribution is 2.14. The lowest BCUT2D eigenvalue weighted by molar-refractivity contribution is -0.0326. The molecule has 1 N–H and O–H groups in total. The molecule has 0 aromatic carbocycles. The Labute approximate surface area is 98.2 Å². The van der Waals surface area contributed by atoms with Gasteiger partial charge in [-0.15, -0.1) is 0 Å². The van der Waals surface area contributed by atoms with Crippen molar-refractivity contribution in [1.82, 2.24) is 4.90 Å². The molecule has 2 atom stereocenters. The average molecular weight is 233 g/mol. The zero-order valence-corrected chi connectivity index (χ0v) is 10.5. The van der Waals surface area contributed by atoms with Gasteiger partial charge >= 0.3 is 0 Å². The van der Waals surface area contributed by atoms with E-state index in [0.717, 1.165) is 25.4 Å². The first kappa shape index (κ1) is 13.3. The van der Waals surface area contributed by atoms with E-state index < -0.39 is 0 Å². The smallest absolute Gasteiger partial charge is 0.0644 e. The van der Waals surface area contributed by atoms with Crippen molar-refractivity contribution in [2.24, 2.45) is 5.92 Å². The number of aliphatic hydroxyl groups excluding tert-OH is 1. The van der Waals surface area contributed by atoms with Crippen LogP contribution in [0, 0.1) is 5.92 Å². The van der Waals surface area contributed by atoms with Crippen LogP contribution in [0.3, 0.4) is 0 Å². The van der Waals surface area contributed by atoms with Gasteiger partial charge in [-0.1, -0.05) is 13.3 Å². The zero-order valence-electron chi connectivity index (χ0n) is 9.56. The van der Waals surface area contributed by atoms with Crippen LogP contribution in [0.1, 0.15) is 19.8 Å². The number of ether oxygens (including phenoxy) is 1. The van der Waals surface area contributed by atoms with Crippen molar-refractivity contribution in [2.75, 3.05) is 38.7 Å². The summed E-state index contributed by atoms with van der Waals surface area (Å²) < 4.78 is 5.36. The lowest BCUT2D eigenvalue weighted by Crippen LogP contribution is -2.49. The molecule has 15 heavy (non-hydrogen) atoms. The van der Waals surface area contributed by atoms with Gasteiger partial charge in [0.2, 0.25) is 0 Å². The molecule has 0 amide bonds. The Bertz CT molecular complexity index is 169. The van der Waals surface area contributed by atoms with Crippen molar-refractivity contribution in [1.29, 1.82) is 0 Å². The maximum Gasteiger partial charge on any atom is 0.0644 e. The van der Waals surface area contributed by atoms with E-state index in [-0.39, 0.29) is 12.6 Å². The third-order valence-electron chi connectivity index (χ3n) is 3.01. The maximum absolute atomic E-state index is 9.24. The number of hydrogen-bond acceptors (Lipinski definition) is 4. The first-order chi connectivity index (χ1) is 7.31. The van der Waals surface area contributed by atoms with Gasteiger partial charge in [0.1, 0.15) is 0 Å². The quantitative estimate of drug-likeness (QED) is 0.672. The first-order valence-electron chi connectivity index (χ1n) is 5.85. The van der Waals surface area contributed by atoms with Gasteiger partial charge in [0.15, 0.2) is 0 Å². The van der Waals surface area contributed by atoms with Gasteiger partial charge in [0.05, 0.1) is 25.9 Å².